The maximum atomic E-state index is 13.0. The summed E-state index contributed by atoms with van der Waals surface area (Å²) in [5.41, 5.74) is 2.59. The Bertz CT molecular complexity index is 970. The molecule has 0 fully saturated rings. The summed E-state index contributed by atoms with van der Waals surface area (Å²) >= 11 is 3.19. The Kier molecular flexibility index (Phi) is 3.89. The van der Waals surface area contributed by atoms with Gasteiger partial charge in [0.1, 0.15) is 11.8 Å². The van der Waals surface area contributed by atoms with Crippen LogP contribution in [0.5, 0.6) is 5.75 Å². The van der Waals surface area contributed by atoms with Crippen LogP contribution in [0.25, 0.3) is 5.65 Å². The number of benzene rings is 1. The maximum Gasteiger partial charge on any atom is 0.284 e. The molecule has 3 rings (SSSR count). The summed E-state index contributed by atoms with van der Waals surface area (Å²) in [5.74, 6) is -0.368. The van der Waals surface area contributed by atoms with Crippen molar-refractivity contribution in [2.24, 2.45) is 0 Å². The molecule has 0 radical (unpaired) electrons. The molecule has 0 aliphatic carbocycles. The summed E-state index contributed by atoms with van der Waals surface area (Å²) in [6, 6.07) is 10.5. The second-order valence-electron chi connectivity index (χ2n) is 5.06. The van der Waals surface area contributed by atoms with Gasteiger partial charge in [-0.2, -0.15) is 9.66 Å². The Balaban J connectivity index is 2.22. The molecule has 0 spiro atoms. The molecule has 0 saturated heterocycles. The van der Waals surface area contributed by atoms with E-state index in [9.17, 15) is 9.90 Å². The van der Waals surface area contributed by atoms with Gasteiger partial charge < -0.3 is 5.11 Å². The molecule has 0 saturated carbocycles. The number of nitrogens with zero attached hydrogens (tertiary/aromatic N) is 2. The lowest BCUT2D eigenvalue weighted by Gasteiger charge is -2.04. The van der Waals surface area contributed by atoms with E-state index in [1.165, 1.54) is 12.1 Å². The highest BCUT2D eigenvalue weighted by atomic mass is 79.9. The van der Waals surface area contributed by atoms with Gasteiger partial charge in [-0.3, -0.25) is 4.79 Å². The summed E-state index contributed by atoms with van der Waals surface area (Å²) in [6.45, 7) is 1.97. The minimum Gasteiger partial charge on any atom is -0.505 e. The average Bonchev–Trinajstić information content (AvgIpc) is 2.95. The van der Waals surface area contributed by atoms with E-state index in [2.05, 4.69) is 20.9 Å². The number of hydrogen-bond donors (Lipinski definition) is 2. The number of rotatable bonds is 3. The van der Waals surface area contributed by atoms with Crippen molar-refractivity contribution in [1.82, 2.24) is 4.98 Å². The Hall–Kier alpha value is -2.65. The number of nitrogens with one attached hydrogen (secondary N) is 1. The zero-order valence-corrected chi connectivity index (χ0v) is 13.9. The first kappa shape index (κ1) is 15.3. The number of aromatic hydroxyl groups is 1. The molecule has 0 aliphatic rings. The number of aromatic amines is 1. The molecule has 0 amide bonds. The number of carbonyl (C=O) groups excluding carboxylic acids is 1. The number of fused-ring (bicyclic) bond motifs is 1. The second kappa shape index (κ2) is 5.86. The van der Waals surface area contributed by atoms with E-state index in [1.54, 1.807) is 4.40 Å². The molecule has 0 aliphatic heterocycles. The van der Waals surface area contributed by atoms with Crippen LogP contribution in [0.1, 0.15) is 34.2 Å². The molecule has 0 unspecified atom stereocenters. The van der Waals surface area contributed by atoms with Gasteiger partial charge in [-0.05, 0) is 34.1 Å². The van der Waals surface area contributed by atoms with Crippen LogP contribution in [0.15, 0.2) is 41.0 Å². The van der Waals surface area contributed by atoms with Gasteiger partial charge in [0.05, 0.1) is 16.2 Å². The number of ketones is 1. The van der Waals surface area contributed by atoms with Crippen molar-refractivity contribution in [3.8, 4) is 11.8 Å². The summed E-state index contributed by atoms with van der Waals surface area (Å²) in [7, 11) is 0. The molecule has 0 bridgehead atoms. The first-order valence-electron chi connectivity index (χ1n) is 7.05. The third kappa shape index (κ3) is 2.49. The van der Waals surface area contributed by atoms with Crippen molar-refractivity contribution < 1.29 is 14.3 Å². The van der Waals surface area contributed by atoms with Crippen LogP contribution in [-0.4, -0.2) is 15.9 Å². The number of pyridine rings is 1. The quantitative estimate of drug-likeness (QED) is 0.549. The zero-order valence-electron chi connectivity index (χ0n) is 12.3. The molecule has 1 aromatic carbocycles. The van der Waals surface area contributed by atoms with Gasteiger partial charge >= 0.3 is 0 Å². The monoisotopic (exact) mass is 370 g/mol. The molecular formula is C17H13BrN3O2+. The average molecular weight is 371 g/mol. The minimum atomic E-state index is -0.207. The van der Waals surface area contributed by atoms with E-state index >= 15 is 0 Å². The van der Waals surface area contributed by atoms with E-state index in [1.807, 2.05) is 37.4 Å². The Morgan fingerprint density at radius 3 is 2.91 bits per heavy atom. The van der Waals surface area contributed by atoms with E-state index in [0.717, 1.165) is 11.3 Å². The number of H-pyrrole nitrogens is 1. The minimum absolute atomic E-state index is 0.0608. The molecule has 2 heterocycles. The lowest BCUT2D eigenvalue weighted by atomic mass is 10.0. The number of phenolic OH excluding ortho intramolecular Hbond substituents is 1. The number of nitriles is 1. The maximum absolute atomic E-state index is 13.0. The summed E-state index contributed by atoms with van der Waals surface area (Å²) in [4.78, 5) is 16.2. The van der Waals surface area contributed by atoms with Crippen LogP contribution in [0.2, 0.25) is 0 Å². The summed E-state index contributed by atoms with van der Waals surface area (Å²) in [6.07, 6.45) is 2.49. The van der Waals surface area contributed by atoms with E-state index in [0.29, 0.717) is 22.2 Å². The zero-order chi connectivity index (χ0) is 16.6. The molecule has 23 heavy (non-hydrogen) atoms. The molecule has 3 aromatic rings. The number of aryl methyl sites for hydroxylation is 1. The molecule has 2 N–H and O–H groups in total. The van der Waals surface area contributed by atoms with Crippen molar-refractivity contribution in [2.45, 2.75) is 13.3 Å². The summed E-state index contributed by atoms with van der Waals surface area (Å²) in [5, 5.41) is 18.9. The van der Waals surface area contributed by atoms with E-state index in [4.69, 9.17) is 5.26 Å². The number of hydrogen-bond acceptors (Lipinski definition) is 3. The van der Waals surface area contributed by atoms with Crippen LogP contribution in [-0.2, 0) is 6.42 Å². The number of aromatic nitrogens is 2. The van der Waals surface area contributed by atoms with Crippen molar-refractivity contribution in [3.63, 3.8) is 0 Å². The third-order valence-electron chi connectivity index (χ3n) is 3.68. The third-order valence-corrected chi connectivity index (χ3v) is 4.28. The lowest BCUT2D eigenvalue weighted by Crippen LogP contribution is -2.28. The van der Waals surface area contributed by atoms with Crippen molar-refractivity contribution >= 4 is 27.4 Å². The van der Waals surface area contributed by atoms with Gasteiger partial charge in [-0.25, -0.2) is 4.98 Å². The van der Waals surface area contributed by atoms with Crippen LogP contribution < -0.4 is 4.40 Å². The molecule has 6 heteroatoms. The van der Waals surface area contributed by atoms with Gasteiger partial charge in [0, 0.05) is 18.1 Å². The lowest BCUT2D eigenvalue weighted by molar-refractivity contribution is -0.512. The van der Waals surface area contributed by atoms with Crippen molar-refractivity contribution in [1.29, 1.82) is 5.26 Å². The first-order chi connectivity index (χ1) is 11.1. The van der Waals surface area contributed by atoms with Crippen LogP contribution in [0.3, 0.4) is 0 Å². The molecule has 114 valence electrons. The normalized spacial score (nSPS) is 10.7. The second-order valence-corrected chi connectivity index (χ2v) is 5.91. The number of phenols is 1. The standard InChI is InChI=1S/C17H12BrN3O2/c1-2-13-15(21-6-4-3-5-14(21)20-13)17(23)10-7-11(9-19)16(22)12(18)8-10/h3-8H,2H2,1H3,(H,22,23)/p+1. The molecule has 5 nitrogen and oxygen atoms in total. The van der Waals surface area contributed by atoms with E-state index in [-0.39, 0.29) is 17.1 Å². The Labute approximate surface area is 141 Å². The number of imidazole rings is 1. The first-order valence-corrected chi connectivity index (χ1v) is 7.84. The van der Waals surface area contributed by atoms with Crippen LogP contribution in [0.4, 0.5) is 0 Å². The highest BCUT2D eigenvalue weighted by molar-refractivity contribution is 9.10. The van der Waals surface area contributed by atoms with Crippen molar-refractivity contribution in [3.05, 3.63) is 63.5 Å². The highest BCUT2D eigenvalue weighted by Crippen LogP contribution is 2.30. The van der Waals surface area contributed by atoms with Gasteiger partial charge in [0.2, 0.25) is 11.5 Å². The number of halogens is 1. The fourth-order valence-electron chi connectivity index (χ4n) is 2.55. The smallest absolute Gasteiger partial charge is 0.284 e. The van der Waals surface area contributed by atoms with Crippen molar-refractivity contribution in [2.75, 3.05) is 0 Å². The SMILES string of the molecule is CCc1[nH]c2cccc[n+]2c1C(=O)c1cc(Br)c(O)c(C#N)c1. The summed E-state index contributed by atoms with van der Waals surface area (Å²) < 4.78 is 2.12. The Morgan fingerprint density at radius 2 is 2.22 bits per heavy atom. The van der Waals surface area contributed by atoms with Gasteiger partial charge in [0.15, 0.2) is 5.69 Å². The predicted octanol–water partition coefficient (Wildman–Crippen LogP) is 2.89. The van der Waals surface area contributed by atoms with Crippen LogP contribution in [0, 0.1) is 11.3 Å². The molecular weight excluding hydrogens is 358 g/mol. The Morgan fingerprint density at radius 1 is 1.43 bits per heavy atom. The highest BCUT2D eigenvalue weighted by Gasteiger charge is 2.26. The fraction of sp³-hybridized carbons (Fsp3) is 0.118. The van der Waals surface area contributed by atoms with E-state index < -0.39 is 0 Å². The molecule has 2 aromatic heterocycles. The largest absolute Gasteiger partial charge is 0.505 e. The predicted molar refractivity (Wildman–Crippen MR) is 87.3 cm³/mol. The topological polar surface area (TPSA) is 81.0 Å². The van der Waals surface area contributed by atoms with Gasteiger partial charge in [-0.15, -0.1) is 0 Å². The fourth-order valence-corrected chi connectivity index (χ4v) is 3.01. The molecule has 0 atom stereocenters. The van der Waals surface area contributed by atoms with Gasteiger partial charge in [-0.1, -0.05) is 13.0 Å². The van der Waals surface area contributed by atoms with Crippen LogP contribution >= 0.6 is 15.9 Å². The van der Waals surface area contributed by atoms with Gasteiger partial charge in [0.25, 0.3) is 5.65 Å². The number of carbonyl (C=O) groups is 1.